The van der Waals surface area contributed by atoms with E-state index < -0.39 is 0 Å². The number of rotatable bonds is 1. The molecule has 0 aromatic carbocycles. The van der Waals surface area contributed by atoms with E-state index in [1.807, 2.05) is 11.8 Å². The summed E-state index contributed by atoms with van der Waals surface area (Å²) in [6.07, 6.45) is 4.78. The van der Waals surface area contributed by atoms with Crippen LogP contribution in [-0.4, -0.2) is 17.8 Å². The molecule has 1 aliphatic rings. The van der Waals surface area contributed by atoms with Gasteiger partial charge in [-0.25, -0.2) is 0 Å². The third-order valence-corrected chi connectivity index (χ3v) is 2.88. The Kier molecular flexibility index (Phi) is 3.12. The monoisotopic (exact) mass is 144 g/mol. The molecule has 2 heteroatoms. The normalized spacial score (nSPS) is 29.1. The Morgan fingerprint density at radius 1 is 1.44 bits per heavy atom. The van der Waals surface area contributed by atoms with Gasteiger partial charge in [0.15, 0.2) is 0 Å². The van der Waals surface area contributed by atoms with Crippen LogP contribution in [0.15, 0.2) is 0 Å². The van der Waals surface area contributed by atoms with Gasteiger partial charge < -0.3 is 4.79 Å². The van der Waals surface area contributed by atoms with E-state index in [4.69, 9.17) is 0 Å². The zero-order valence-corrected chi connectivity index (χ0v) is 6.32. The molecule has 0 aromatic heterocycles. The highest BCUT2D eigenvalue weighted by Gasteiger charge is 2.09. The average Bonchev–Trinajstić information content (AvgIpc) is 2.13. The Hall–Kier alpha value is 0.0200. The predicted octanol–water partition coefficient (Wildman–Crippen LogP) is 1.72. The maximum atomic E-state index is 10.3. The summed E-state index contributed by atoms with van der Waals surface area (Å²) in [5, 5.41) is 0. The second-order valence-corrected chi connectivity index (χ2v) is 3.62. The highest BCUT2D eigenvalue weighted by atomic mass is 32.2. The quantitative estimate of drug-likeness (QED) is 0.521. The number of aldehydes is 1. The van der Waals surface area contributed by atoms with E-state index in [9.17, 15) is 4.79 Å². The van der Waals surface area contributed by atoms with Gasteiger partial charge in [0.1, 0.15) is 6.29 Å². The fourth-order valence-electron chi connectivity index (χ4n) is 1.04. The van der Waals surface area contributed by atoms with Gasteiger partial charge in [-0.1, -0.05) is 6.42 Å². The summed E-state index contributed by atoms with van der Waals surface area (Å²) in [4.78, 5) is 10.3. The van der Waals surface area contributed by atoms with E-state index in [1.165, 1.54) is 18.6 Å². The first-order valence-electron chi connectivity index (χ1n) is 3.46. The van der Waals surface area contributed by atoms with Gasteiger partial charge in [0.2, 0.25) is 0 Å². The smallest absolute Gasteiger partial charge is 0.123 e. The van der Waals surface area contributed by atoms with Crippen LogP contribution in [0, 0.1) is 5.92 Å². The first-order chi connectivity index (χ1) is 4.43. The van der Waals surface area contributed by atoms with E-state index >= 15 is 0 Å². The Morgan fingerprint density at radius 2 is 2.33 bits per heavy atom. The van der Waals surface area contributed by atoms with Gasteiger partial charge in [0.05, 0.1) is 0 Å². The van der Waals surface area contributed by atoms with Crippen LogP contribution in [0.3, 0.4) is 0 Å². The summed E-state index contributed by atoms with van der Waals surface area (Å²) in [5.41, 5.74) is 0. The average molecular weight is 144 g/mol. The Balaban J connectivity index is 2.26. The number of carbonyl (C=O) groups is 1. The zero-order valence-electron chi connectivity index (χ0n) is 5.51. The molecule has 1 fully saturated rings. The second-order valence-electron chi connectivity index (χ2n) is 2.47. The molecule has 1 rings (SSSR count). The maximum absolute atomic E-state index is 10.3. The van der Waals surface area contributed by atoms with Crippen LogP contribution in [0.5, 0.6) is 0 Å². The molecule has 1 heterocycles. The lowest BCUT2D eigenvalue weighted by Gasteiger charge is -2.01. The third-order valence-electron chi connectivity index (χ3n) is 1.64. The molecule has 1 nitrogen and oxygen atoms in total. The molecular formula is C7H12OS. The Bertz CT molecular complexity index is 84.9. The molecule has 0 aromatic rings. The molecular weight excluding hydrogens is 132 g/mol. The van der Waals surface area contributed by atoms with Crippen LogP contribution in [0.4, 0.5) is 0 Å². The fourth-order valence-corrected chi connectivity index (χ4v) is 2.16. The zero-order chi connectivity index (χ0) is 6.53. The van der Waals surface area contributed by atoms with Gasteiger partial charge >= 0.3 is 0 Å². The SMILES string of the molecule is O=CC1CCCCSC1. The molecule has 0 spiro atoms. The molecule has 0 bridgehead atoms. The topological polar surface area (TPSA) is 17.1 Å². The number of thioether (sulfide) groups is 1. The lowest BCUT2D eigenvalue weighted by atomic mass is 10.1. The molecule has 0 radical (unpaired) electrons. The van der Waals surface area contributed by atoms with Gasteiger partial charge in [-0.05, 0) is 18.6 Å². The number of carbonyl (C=O) groups excluding carboxylic acids is 1. The molecule has 0 amide bonds. The van der Waals surface area contributed by atoms with Crippen molar-refractivity contribution in [3.05, 3.63) is 0 Å². The minimum Gasteiger partial charge on any atom is -0.303 e. The van der Waals surface area contributed by atoms with Crippen LogP contribution in [-0.2, 0) is 4.79 Å². The van der Waals surface area contributed by atoms with E-state index in [0.29, 0.717) is 5.92 Å². The molecule has 0 saturated carbocycles. The summed E-state index contributed by atoms with van der Waals surface area (Å²) in [6.45, 7) is 0. The fraction of sp³-hybridized carbons (Fsp3) is 0.857. The molecule has 0 aliphatic carbocycles. The maximum Gasteiger partial charge on any atom is 0.123 e. The van der Waals surface area contributed by atoms with Crippen molar-refractivity contribution in [2.45, 2.75) is 19.3 Å². The Labute approximate surface area is 60.2 Å². The molecule has 0 N–H and O–H groups in total. The van der Waals surface area contributed by atoms with Crippen molar-refractivity contribution in [1.82, 2.24) is 0 Å². The summed E-state index contributed by atoms with van der Waals surface area (Å²) in [5.74, 6) is 2.67. The van der Waals surface area contributed by atoms with Crippen LogP contribution in [0.25, 0.3) is 0 Å². The second kappa shape index (κ2) is 3.94. The highest BCUT2D eigenvalue weighted by molar-refractivity contribution is 7.99. The van der Waals surface area contributed by atoms with E-state index in [1.54, 1.807) is 0 Å². The van der Waals surface area contributed by atoms with Crippen molar-refractivity contribution >= 4 is 18.0 Å². The van der Waals surface area contributed by atoms with E-state index in [0.717, 1.165) is 18.5 Å². The van der Waals surface area contributed by atoms with Crippen molar-refractivity contribution < 1.29 is 4.79 Å². The van der Waals surface area contributed by atoms with Crippen LogP contribution in [0.2, 0.25) is 0 Å². The summed E-state index contributed by atoms with van der Waals surface area (Å²) < 4.78 is 0. The summed E-state index contributed by atoms with van der Waals surface area (Å²) in [6, 6.07) is 0. The number of hydrogen-bond acceptors (Lipinski definition) is 2. The minimum absolute atomic E-state index is 0.359. The molecule has 52 valence electrons. The van der Waals surface area contributed by atoms with Gasteiger partial charge in [0.25, 0.3) is 0 Å². The van der Waals surface area contributed by atoms with Gasteiger partial charge in [-0.2, -0.15) is 11.8 Å². The van der Waals surface area contributed by atoms with Crippen molar-refractivity contribution in [2.75, 3.05) is 11.5 Å². The van der Waals surface area contributed by atoms with E-state index in [2.05, 4.69) is 0 Å². The summed E-state index contributed by atoms with van der Waals surface area (Å²) >= 11 is 1.92. The van der Waals surface area contributed by atoms with Gasteiger partial charge in [-0.3, -0.25) is 0 Å². The van der Waals surface area contributed by atoms with E-state index in [-0.39, 0.29) is 0 Å². The Morgan fingerprint density at radius 3 is 3.11 bits per heavy atom. The third kappa shape index (κ3) is 2.39. The molecule has 1 aliphatic heterocycles. The number of hydrogen-bond donors (Lipinski definition) is 0. The van der Waals surface area contributed by atoms with Crippen LogP contribution >= 0.6 is 11.8 Å². The molecule has 1 atom stereocenters. The first-order valence-corrected chi connectivity index (χ1v) is 4.62. The highest BCUT2D eigenvalue weighted by Crippen LogP contribution is 2.19. The predicted molar refractivity (Wildman–Crippen MR) is 40.7 cm³/mol. The van der Waals surface area contributed by atoms with Crippen molar-refractivity contribution in [2.24, 2.45) is 5.92 Å². The lowest BCUT2D eigenvalue weighted by molar-refractivity contribution is -0.110. The van der Waals surface area contributed by atoms with Crippen LogP contribution < -0.4 is 0 Å². The molecule has 1 unspecified atom stereocenters. The molecule has 9 heavy (non-hydrogen) atoms. The largest absolute Gasteiger partial charge is 0.303 e. The minimum atomic E-state index is 0.359. The van der Waals surface area contributed by atoms with Gasteiger partial charge in [-0.15, -0.1) is 0 Å². The first kappa shape index (κ1) is 7.13. The standard InChI is InChI=1S/C7H12OS/c8-5-7-3-1-2-4-9-6-7/h5,7H,1-4,6H2. The summed E-state index contributed by atoms with van der Waals surface area (Å²) in [7, 11) is 0. The lowest BCUT2D eigenvalue weighted by Crippen LogP contribution is -2.02. The molecule has 1 saturated heterocycles. The van der Waals surface area contributed by atoms with Crippen molar-refractivity contribution in [1.29, 1.82) is 0 Å². The van der Waals surface area contributed by atoms with Crippen LogP contribution in [0.1, 0.15) is 19.3 Å². The van der Waals surface area contributed by atoms with Crippen molar-refractivity contribution in [3.8, 4) is 0 Å². The van der Waals surface area contributed by atoms with Crippen molar-refractivity contribution in [3.63, 3.8) is 0 Å². The van der Waals surface area contributed by atoms with Gasteiger partial charge in [0, 0.05) is 11.7 Å².